The van der Waals surface area contributed by atoms with Gasteiger partial charge in [0, 0.05) is 23.1 Å². The average Bonchev–Trinajstić information content (AvgIpc) is 2.78. The van der Waals surface area contributed by atoms with Crippen molar-refractivity contribution in [3.8, 4) is 11.5 Å². The Morgan fingerprint density at radius 1 is 1.00 bits per heavy atom. The van der Waals surface area contributed by atoms with Gasteiger partial charge in [-0.05, 0) is 61.6 Å². The zero-order valence-corrected chi connectivity index (χ0v) is 17.2. The largest absolute Gasteiger partial charge is 0.486 e. The van der Waals surface area contributed by atoms with Crippen LogP contribution >= 0.6 is 0 Å². The van der Waals surface area contributed by atoms with Crippen LogP contribution in [0.15, 0.2) is 48.7 Å². The Balaban J connectivity index is 1.52. The Labute approximate surface area is 180 Å². The fourth-order valence-corrected chi connectivity index (χ4v) is 5.47. The second-order valence-electron chi connectivity index (χ2n) is 8.99. The first-order chi connectivity index (χ1) is 15.1. The summed E-state index contributed by atoms with van der Waals surface area (Å²) in [6, 6.07) is 13.5. The number of ketones is 1. The fraction of sp³-hybridized carbons (Fsp3) is 0.346. The molecule has 0 saturated heterocycles. The van der Waals surface area contributed by atoms with Crippen molar-refractivity contribution in [3.63, 3.8) is 0 Å². The summed E-state index contributed by atoms with van der Waals surface area (Å²) in [5.74, 6) is 0.774. The van der Waals surface area contributed by atoms with E-state index in [4.69, 9.17) is 9.47 Å². The number of pyridine rings is 1. The maximum atomic E-state index is 13.1. The van der Waals surface area contributed by atoms with Crippen LogP contribution in [0.2, 0.25) is 0 Å². The summed E-state index contributed by atoms with van der Waals surface area (Å²) in [6.45, 7) is 0. The molecule has 1 spiro atoms. The number of rotatable bonds is 1. The molecule has 0 bridgehead atoms. The molecule has 156 valence electrons. The Morgan fingerprint density at radius 3 is 2.74 bits per heavy atom. The van der Waals surface area contributed by atoms with Crippen molar-refractivity contribution in [3.05, 3.63) is 65.4 Å². The van der Waals surface area contributed by atoms with Crippen LogP contribution in [0.25, 0.3) is 10.9 Å². The second kappa shape index (κ2) is 6.91. The van der Waals surface area contributed by atoms with Crippen LogP contribution in [0.4, 0.5) is 0 Å². The number of hydrogen-bond donors (Lipinski definition) is 0. The van der Waals surface area contributed by atoms with E-state index in [1.807, 2.05) is 24.3 Å². The molecular weight excluding hydrogens is 390 g/mol. The SMILES string of the molecule is O=C1C[C@H](c2ccc3ncccc3c2)c2c(ccc3c2OC2(CCCCC2)CC3=O)O1. The van der Waals surface area contributed by atoms with E-state index in [-0.39, 0.29) is 24.1 Å². The number of aromatic nitrogens is 1. The monoisotopic (exact) mass is 413 g/mol. The molecule has 1 atom stereocenters. The van der Waals surface area contributed by atoms with E-state index in [9.17, 15) is 9.59 Å². The minimum atomic E-state index is -0.420. The van der Waals surface area contributed by atoms with Crippen LogP contribution in [0.1, 0.15) is 72.3 Å². The van der Waals surface area contributed by atoms with Gasteiger partial charge in [0.2, 0.25) is 0 Å². The first kappa shape index (κ1) is 18.6. The van der Waals surface area contributed by atoms with Gasteiger partial charge in [0.1, 0.15) is 17.1 Å². The lowest BCUT2D eigenvalue weighted by atomic mass is 9.76. The molecule has 0 radical (unpaired) electrons. The molecule has 1 fully saturated rings. The molecule has 5 heteroatoms. The van der Waals surface area contributed by atoms with Gasteiger partial charge in [-0.3, -0.25) is 14.6 Å². The third-order valence-corrected chi connectivity index (χ3v) is 7.00. The van der Waals surface area contributed by atoms with Crippen molar-refractivity contribution in [2.45, 2.75) is 56.5 Å². The minimum Gasteiger partial charge on any atom is -0.486 e. The number of Topliss-reactive ketones (excluding diaryl/α,β-unsaturated/α-hetero) is 1. The predicted octanol–water partition coefficient (Wildman–Crippen LogP) is 5.34. The molecule has 1 aliphatic carbocycles. The van der Waals surface area contributed by atoms with E-state index in [0.29, 0.717) is 23.5 Å². The molecule has 2 aromatic carbocycles. The summed E-state index contributed by atoms with van der Waals surface area (Å²) in [5.41, 5.74) is 2.94. The lowest BCUT2D eigenvalue weighted by molar-refractivity contribution is -0.135. The van der Waals surface area contributed by atoms with Gasteiger partial charge in [0.25, 0.3) is 0 Å². The Hall–Kier alpha value is -3.21. The maximum absolute atomic E-state index is 13.1. The number of fused-ring (bicyclic) bond motifs is 4. The van der Waals surface area contributed by atoms with E-state index in [1.54, 1.807) is 18.3 Å². The Morgan fingerprint density at radius 2 is 1.87 bits per heavy atom. The molecule has 0 amide bonds. The van der Waals surface area contributed by atoms with Crippen molar-refractivity contribution in [2.75, 3.05) is 0 Å². The van der Waals surface area contributed by atoms with Crippen molar-refractivity contribution >= 4 is 22.7 Å². The van der Waals surface area contributed by atoms with E-state index in [1.165, 1.54) is 6.42 Å². The minimum absolute atomic E-state index is 0.129. The van der Waals surface area contributed by atoms with Gasteiger partial charge >= 0.3 is 5.97 Å². The lowest BCUT2D eigenvalue weighted by Gasteiger charge is -2.42. The molecule has 3 heterocycles. The van der Waals surface area contributed by atoms with E-state index >= 15 is 0 Å². The van der Waals surface area contributed by atoms with E-state index in [0.717, 1.165) is 47.7 Å². The van der Waals surface area contributed by atoms with Gasteiger partial charge in [-0.15, -0.1) is 0 Å². The highest BCUT2D eigenvalue weighted by Crippen LogP contribution is 2.51. The first-order valence-corrected chi connectivity index (χ1v) is 11.1. The van der Waals surface area contributed by atoms with Crippen molar-refractivity contribution in [1.82, 2.24) is 4.98 Å². The van der Waals surface area contributed by atoms with Gasteiger partial charge in [-0.1, -0.05) is 18.6 Å². The molecule has 1 saturated carbocycles. The van der Waals surface area contributed by atoms with Crippen LogP contribution in [-0.2, 0) is 4.79 Å². The molecule has 31 heavy (non-hydrogen) atoms. The van der Waals surface area contributed by atoms with Gasteiger partial charge in [0.05, 0.1) is 23.9 Å². The summed E-state index contributed by atoms with van der Waals surface area (Å²) < 4.78 is 12.3. The van der Waals surface area contributed by atoms with Gasteiger partial charge in [-0.2, -0.15) is 0 Å². The molecule has 3 aromatic rings. The molecule has 2 aliphatic heterocycles. The van der Waals surface area contributed by atoms with Crippen molar-refractivity contribution in [2.24, 2.45) is 0 Å². The molecule has 0 unspecified atom stereocenters. The summed E-state index contributed by atoms with van der Waals surface area (Å²) in [7, 11) is 0. The number of benzene rings is 2. The summed E-state index contributed by atoms with van der Waals surface area (Å²) in [6.07, 6.45) is 7.56. The van der Waals surface area contributed by atoms with Crippen molar-refractivity contribution < 1.29 is 19.1 Å². The van der Waals surface area contributed by atoms with Gasteiger partial charge in [-0.25, -0.2) is 0 Å². The van der Waals surface area contributed by atoms with Crippen LogP contribution in [0.3, 0.4) is 0 Å². The Kier molecular flexibility index (Phi) is 4.13. The highest BCUT2D eigenvalue weighted by molar-refractivity contribution is 6.01. The molecule has 6 rings (SSSR count). The number of esters is 1. The maximum Gasteiger partial charge on any atom is 0.312 e. The zero-order valence-electron chi connectivity index (χ0n) is 17.2. The van der Waals surface area contributed by atoms with Crippen LogP contribution in [0, 0.1) is 0 Å². The van der Waals surface area contributed by atoms with Crippen molar-refractivity contribution in [1.29, 1.82) is 0 Å². The molecule has 3 aliphatic rings. The fourth-order valence-electron chi connectivity index (χ4n) is 5.47. The number of hydrogen-bond acceptors (Lipinski definition) is 5. The van der Waals surface area contributed by atoms with Gasteiger partial charge < -0.3 is 9.47 Å². The number of nitrogens with zero attached hydrogens (tertiary/aromatic N) is 1. The molecule has 0 N–H and O–H groups in total. The second-order valence-corrected chi connectivity index (χ2v) is 8.99. The van der Waals surface area contributed by atoms with Crippen LogP contribution in [0.5, 0.6) is 11.5 Å². The lowest BCUT2D eigenvalue weighted by Crippen LogP contribution is -2.44. The summed E-state index contributed by atoms with van der Waals surface area (Å²) >= 11 is 0. The average molecular weight is 413 g/mol. The summed E-state index contributed by atoms with van der Waals surface area (Å²) in [5, 5.41) is 1.02. The number of carbonyl (C=O) groups excluding carboxylic acids is 2. The van der Waals surface area contributed by atoms with E-state index in [2.05, 4.69) is 11.1 Å². The third-order valence-electron chi connectivity index (χ3n) is 7.00. The molecular formula is C26H23NO4. The number of carbonyl (C=O) groups is 2. The highest BCUT2D eigenvalue weighted by Gasteiger charge is 2.44. The highest BCUT2D eigenvalue weighted by atomic mass is 16.5. The smallest absolute Gasteiger partial charge is 0.312 e. The van der Waals surface area contributed by atoms with Crippen LogP contribution in [-0.4, -0.2) is 22.3 Å². The predicted molar refractivity (Wildman–Crippen MR) is 116 cm³/mol. The normalized spacial score (nSPS) is 21.9. The Bertz CT molecular complexity index is 1230. The third kappa shape index (κ3) is 3.02. The zero-order chi connectivity index (χ0) is 21.0. The van der Waals surface area contributed by atoms with Crippen LogP contribution < -0.4 is 9.47 Å². The molecule has 5 nitrogen and oxygen atoms in total. The van der Waals surface area contributed by atoms with Gasteiger partial charge in [0.15, 0.2) is 5.78 Å². The standard InChI is InChI=1S/C26H23NO4/c28-21-15-26(10-2-1-3-11-26)31-25-18(21)7-9-22-24(25)19(14-23(29)30-22)16-6-8-20-17(13-16)5-4-12-27-20/h4-9,12-13,19H,1-3,10-11,14-15H2/t19-/m1/s1. The molecule has 1 aromatic heterocycles. The topological polar surface area (TPSA) is 65.5 Å². The first-order valence-electron chi connectivity index (χ1n) is 11.1. The summed E-state index contributed by atoms with van der Waals surface area (Å²) in [4.78, 5) is 30.0. The number of ether oxygens (including phenoxy) is 2. The van der Waals surface area contributed by atoms with E-state index < -0.39 is 5.60 Å². The quantitative estimate of drug-likeness (QED) is 0.398.